The molecule has 0 aromatic heterocycles. The third-order valence-corrected chi connectivity index (χ3v) is 4.52. The second-order valence-electron chi connectivity index (χ2n) is 6.57. The predicted octanol–water partition coefficient (Wildman–Crippen LogP) is 1.53. The lowest BCUT2D eigenvalue weighted by Crippen LogP contribution is -2.47. The van der Waals surface area contributed by atoms with Crippen molar-refractivity contribution in [2.24, 2.45) is 11.5 Å². The first-order valence-electron chi connectivity index (χ1n) is 7.92. The SMILES string of the molecule is NC1(N)C=CC(c2cccc(CC3CO3)c2CC2CO2)=CC1. The molecule has 1 aromatic carbocycles. The highest BCUT2D eigenvalue weighted by molar-refractivity contribution is 5.78. The van der Waals surface area contributed by atoms with E-state index in [1.165, 1.54) is 22.3 Å². The number of epoxide rings is 2. The topological polar surface area (TPSA) is 77.1 Å². The van der Waals surface area contributed by atoms with E-state index in [9.17, 15) is 0 Å². The highest BCUT2D eigenvalue weighted by Crippen LogP contribution is 2.32. The Morgan fingerprint density at radius 2 is 1.82 bits per heavy atom. The van der Waals surface area contributed by atoms with Crippen LogP contribution < -0.4 is 11.5 Å². The van der Waals surface area contributed by atoms with E-state index >= 15 is 0 Å². The molecule has 0 bridgehead atoms. The van der Waals surface area contributed by atoms with Gasteiger partial charge in [0.2, 0.25) is 0 Å². The third-order valence-electron chi connectivity index (χ3n) is 4.52. The maximum Gasteiger partial charge on any atom is 0.0867 e. The predicted molar refractivity (Wildman–Crippen MR) is 86.2 cm³/mol. The summed E-state index contributed by atoms with van der Waals surface area (Å²) in [6, 6.07) is 6.53. The lowest BCUT2D eigenvalue weighted by molar-refractivity contribution is 0.401. The fourth-order valence-corrected chi connectivity index (χ4v) is 3.05. The average Bonchev–Trinajstić information content (AvgIpc) is 3.36. The molecular formula is C18H22N2O2. The van der Waals surface area contributed by atoms with Crippen LogP contribution in [-0.4, -0.2) is 31.1 Å². The summed E-state index contributed by atoms with van der Waals surface area (Å²) in [5, 5.41) is 0. The summed E-state index contributed by atoms with van der Waals surface area (Å²) < 4.78 is 10.9. The van der Waals surface area contributed by atoms with Crippen molar-refractivity contribution in [1.29, 1.82) is 0 Å². The van der Waals surface area contributed by atoms with Crippen LogP contribution in [0, 0.1) is 0 Å². The van der Waals surface area contributed by atoms with E-state index in [0.717, 1.165) is 26.1 Å². The molecule has 116 valence electrons. The molecule has 2 heterocycles. The van der Waals surface area contributed by atoms with Crippen LogP contribution in [0.4, 0.5) is 0 Å². The van der Waals surface area contributed by atoms with E-state index in [1.54, 1.807) is 0 Å². The lowest BCUT2D eigenvalue weighted by Gasteiger charge is -2.24. The highest BCUT2D eigenvalue weighted by Gasteiger charge is 2.29. The van der Waals surface area contributed by atoms with Crippen molar-refractivity contribution >= 4 is 5.57 Å². The normalized spacial score (nSPS) is 28.4. The molecule has 4 nitrogen and oxygen atoms in total. The van der Waals surface area contributed by atoms with Gasteiger partial charge in [0.05, 0.1) is 31.1 Å². The molecule has 0 radical (unpaired) electrons. The van der Waals surface area contributed by atoms with Gasteiger partial charge < -0.3 is 20.9 Å². The number of nitrogens with two attached hydrogens (primary N) is 2. The number of allylic oxidation sites excluding steroid dienone is 2. The average molecular weight is 298 g/mol. The van der Waals surface area contributed by atoms with Crippen LogP contribution in [0.25, 0.3) is 5.57 Å². The summed E-state index contributed by atoms with van der Waals surface area (Å²) in [6.07, 6.45) is 9.48. The van der Waals surface area contributed by atoms with Gasteiger partial charge in [-0.15, -0.1) is 0 Å². The van der Waals surface area contributed by atoms with Crippen molar-refractivity contribution < 1.29 is 9.47 Å². The zero-order valence-electron chi connectivity index (χ0n) is 12.6. The van der Waals surface area contributed by atoms with Crippen LogP contribution in [0.2, 0.25) is 0 Å². The molecule has 3 aliphatic rings. The van der Waals surface area contributed by atoms with Gasteiger partial charge in [0.25, 0.3) is 0 Å². The molecule has 1 aromatic rings. The van der Waals surface area contributed by atoms with Gasteiger partial charge in [-0.1, -0.05) is 30.4 Å². The molecule has 4 rings (SSSR count). The van der Waals surface area contributed by atoms with Crippen molar-refractivity contribution in [2.45, 2.75) is 37.1 Å². The molecule has 2 aliphatic heterocycles. The van der Waals surface area contributed by atoms with Crippen molar-refractivity contribution in [3.05, 3.63) is 53.1 Å². The molecule has 22 heavy (non-hydrogen) atoms. The van der Waals surface area contributed by atoms with Gasteiger partial charge in [0.15, 0.2) is 0 Å². The summed E-state index contributed by atoms with van der Waals surface area (Å²) >= 11 is 0. The Balaban J connectivity index is 1.68. The van der Waals surface area contributed by atoms with Crippen LogP contribution in [-0.2, 0) is 22.3 Å². The van der Waals surface area contributed by atoms with E-state index in [-0.39, 0.29) is 0 Å². The van der Waals surface area contributed by atoms with E-state index in [1.807, 2.05) is 12.2 Å². The van der Waals surface area contributed by atoms with Gasteiger partial charge in [-0.25, -0.2) is 0 Å². The zero-order valence-corrected chi connectivity index (χ0v) is 12.6. The molecule has 2 fully saturated rings. The number of hydrogen-bond acceptors (Lipinski definition) is 4. The van der Waals surface area contributed by atoms with Crippen LogP contribution >= 0.6 is 0 Å². The second-order valence-corrected chi connectivity index (χ2v) is 6.57. The van der Waals surface area contributed by atoms with Gasteiger partial charge in [0.1, 0.15) is 0 Å². The van der Waals surface area contributed by atoms with Crippen LogP contribution in [0.3, 0.4) is 0 Å². The summed E-state index contributed by atoms with van der Waals surface area (Å²) in [4.78, 5) is 0. The Bertz CT molecular complexity index is 640. The van der Waals surface area contributed by atoms with E-state index in [4.69, 9.17) is 20.9 Å². The van der Waals surface area contributed by atoms with Crippen molar-refractivity contribution in [2.75, 3.05) is 13.2 Å². The number of benzene rings is 1. The number of hydrogen-bond donors (Lipinski definition) is 2. The summed E-state index contributed by atoms with van der Waals surface area (Å²) in [7, 11) is 0. The lowest BCUT2D eigenvalue weighted by atomic mass is 9.87. The molecule has 2 atom stereocenters. The summed E-state index contributed by atoms with van der Waals surface area (Å²) in [6.45, 7) is 1.76. The smallest absolute Gasteiger partial charge is 0.0867 e. The fraction of sp³-hybridized carbons (Fsp3) is 0.444. The Morgan fingerprint density at radius 1 is 1.09 bits per heavy atom. The maximum atomic E-state index is 5.96. The minimum Gasteiger partial charge on any atom is -0.373 e. The van der Waals surface area contributed by atoms with Crippen molar-refractivity contribution in [3.63, 3.8) is 0 Å². The molecular weight excluding hydrogens is 276 g/mol. The van der Waals surface area contributed by atoms with Crippen molar-refractivity contribution in [1.82, 2.24) is 0 Å². The summed E-state index contributed by atoms with van der Waals surface area (Å²) in [5.41, 5.74) is 16.5. The van der Waals surface area contributed by atoms with E-state index in [2.05, 4.69) is 24.3 Å². The first-order chi connectivity index (χ1) is 10.6. The van der Waals surface area contributed by atoms with Gasteiger partial charge in [-0.2, -0.15) is 0 Å². The molecule has 2 saturated heterocycles. The second kappa shape index (κ2) is 5.32. The van der Waals surface area contributed by atoms with Crippen LogP contribution in [0.15, 0.2) is 36.4 Å². The van der Waals surface area contributed by atoms with Crippen molar-refractivity contribution in [3.8, 4) is 0 Å². The van der Waals surface area contributed by atoms with Crippen LogP contribution in [0.1, 0.15) is 23.1 Å². The number of rotatable bonds is 5. The minimum absolute atomic E-state index is 0.372. The van der Waals surface area contributed by atoms with Gasteiger partial charge in [-0.3, -0.25) is 0 Å². The molecule has 1 aliphatic carbocycles. The molecule has 0 amide bonds. The molecule has 4 N–H and O–H groups in total. The van der Waals surface area contributed by atoms with Gasteiger partial charge >= 0.3 is 0 Å². The Labute approximate surface area is 130 Å². The third kappa shape index (κ3) is 3.15. The summed E-state index contributed by atoms with van der Waals surface area (Å²) in [5.74, 6) is 0. The molecule has 0 spiro atoms. The number of ether oxygens (including phenoxy) is 2. The first-order valence-corrected chi connectivity index (χ1v) is 7.92. The zero-order chi connectivity index (χ0) is 15.2. The Hall–Kier alpha value is -1.46. The monoisotopic (exact) mass is 298 g/mol. The standard InChI is InChI=1S/C18H22N2O2/c19-18(20)6-4-12(5-7-18)16-3-1-2-13(8-14-10-21-14)17(16)9-15-11-22-15/h1-6,14-15H,7-11,19-20H2. The van der Waals surface area contributed by atoms with E-state index < -0.39 is 5.66 Å². The minimum atomic E-state index is -0.720. The van der Waals surface area contributed by atoms with Gasteiger partial charge in [0, 0.05) is 19.3 Å². The largest absolute Gasteiger partial charge is 0.373 e. The maximum absolute atomic E-state index is 5.96. The Morgan fingerprint density at radius 3 is 2.45 bits per heavy atom. The Kier molecular flexibility index (Phi) is 3.42. The highest BCUT2D eigenvalue weighted by atomic mass is 16.6. The van der Waals surface area contributed by atoms with Crippen LogP contribution in [0.5, 0.6) is 0 Å². The quantitative estimate of drug-likeness (QED) is 0.638. The molecule has 4 heteroatoms. The first kappa shape index (κ1) is 14.2. The molecule has 2 unspecified atom stereocenters. The van der Waals surface area contributed by atoms with E-state index in [0.29, 0.717) is 18.6 Å². The molecule has 0 saturated carbocycles. The van der Waals surface area contributed by atoms with Gasteiger partial charge in [-0.05, 0) is 28.3 Å². The fourth-order valence-electron chi connectivity index (χ4n) is 3.05.